The van der Waals surface area contributed by atoms with Crippen molar-refractivity contribution in [1.29, 1.82) is 0 Å². The Morgan fingerprint density at radius 2 is 1.80 bits per heavy atom. The van der Waals surface area contributed by atoms with E-state index in [-0.39, 0.29) is 6.04 Å². The SMILES string of the molecule is Cc1cc(C(C)N)ccc1OCc1c(Cl)cccc1Cl. The summed E-state index contributed by atoms with van der Waals surface area (Å²) < 4.78 is 5.81. The van der Waals surface area contributed by atoms with Gasteiger partial charge in [-0.25, -0.2) is 0 Å². The smallest absolute Gasteiger partial charge is 0.122 e. The number of rotatable bonds is 4. The lowest BCUT2D eigenvalue weighted by atomic mass is 10.1. The maximum atomic E-state index is 6.12. The van der Waals surface area contributed by atoms with Crippen LogP contribution in [0.5, 0.6) is 5.75 Å². The van der Waals surface area contributed by atoms with Gasteiger partial charge >= 0.3 is 0 Å². The number of benzene rings is 2. The van der Waals surface area contributed by atoms with Gasteiger partial charge in [0.1, 0.15) is 12.4 Å². The van der Waals surface area contributed by atoms with E-state index in [9.17, 15) is 0 Å². The molecule has 0 spiro atoms. The minimum Gasteiger partial charge on any atom is -0.489 e. The summed E-state index contributed by atoms with van der Waals surface area (Å²) in [6, 6.07) is 11.4. The minimum absolute atomic E-state index is 0.0146. The molecule has 0 aromatic heterocycles. The molecule has 0 amide bonds. The summed E-state index contributed by atoms with van der Waals surface area (Å²) in [7, 11) is 0. The molecule has 2 nitrogen and oxygen atoms in total. The maximum absolute atomic E-state index is 6.12. The van der Waals surface area contributed by atoms with Crippen LogP contribution >= 0.6 is 23.2 Å². The van der Waals surface area contributed by atoms with Gasteiger partial charge in [0.25, 0.3) is 0 Å². The average Bonchev–Trinajstić information content (AvgIpc) is 2.39. The lowest BCUT2D eigenvalue weighted by Gasteiger charge is -2.13. The molecule has 20 heavy (non-hydrogen) atoms. The summed E-state index contributed by atoms with van der Waals surface area (Å²) in [5.74, 6) is 0.811. The molecule has 2 rings (SSSR count). The highest BCUT2D eigenvalue weighted by atomic mass is 35.5. The van der Waals surface area contributed by atoms with Crippen molar-refractivity contribution in [2.24, 2.45) is 5.73 Å². The van der Waals surface area contributed by atoms with Crippen LogP contribution in [0.4, 0.5) is 0 Å². The van der Waals surface area contributed by atoms with E-state index in [1.54, 1.807) is 12.1 Å². The highest BCUT2D eigenvalue weighted by Gasteiger charge is 2.08. The molecule has 2 aromatic carbocycles. The molecular formula is C16H17Cl2NO. The number of hydrogen-bond donors (Lipinski definition) is 1. The summed E-state index contributed by atoms with van der Waals surface area (Å²) in [5, 5.41) is 1.23. The Kier molecular flexibility index (Phi) is 4.92. The molecule has 0 aliphatic carbocycles. The van der Waals surface area contributed by atoms with Crippen LogP contribution in [-0.4, -0.2) is 0 Å². The fraction of sp³-hybridized carbons (Fsp3) is 0.250. The van der Waals surface area contributed by atoms with Crippen molar-refractivity contribution in [3.05, 3.63) is 63.1 Å². The third-order valence-electron chi connectivity index (χ3n) is 3.16. The first-order valence-corrected chi connectivity index (χ1v) is 7.16. The van der Waals surface area contributed by atoms with Gasteiger partial charge < -0.3 is 10.5 Å². The van der Waals surface area contributed by atoms with Crippen molar-refractivity contribution in [3.8, 4) is 5.75 Å². The molecule has 0 aliphatic rings. The highest BCUT2D eigenvalue weighted by Crippen LogP contribution is 2.27. The van der Waals surface area contributed by atoms with E-state index in [1.165, 1.54) is 0 Å². The third kappa shape index (κ3) is 3.45. The molecule has 1 unspecified atom stereocenters. The Bertz CT molecular complexity index is 591. The van der Waals surface area contributed by atoms with Gasteiger partial charge in [-0.3, -0.25) is 0 Å². The van der Waals surface area contributed by atoms with Crippen LogP contribution in [0.15, 0.2) is 36.4 Å². The summed E-state index contributed by atoms with van der Waals surface area (Å²) >= 11 is 12.2. The van der Waals surface area contributed by atoms with Crippen molar-refractivity contribution >= 4 is 23.2 Å². The van der Waals surface area contributed by atoms with E-state index < -0.39 is 0 Å². The van der Waals surface area contributed by atoms with Crippen molar-refractivity contribution in [3.63, 3.8) is 0 Å². The van der Waals surface area contributed by atoms with E-state index in [4.69, 9.17) is 33.7 Å². The normalized spacial score (nSPS) is 12.2. The first-order chi connectivity index (χ1) is 9.49. The monoisotopic (exact) mass is 309 g/mol. The van der Waals surface area contributed by atoms with E-state index in [0.717, 1.165) is 22.4 Å². The predicted octanol–water partition coefficient (Wildman–Crippen LogP) is 4.90. The second-order valence-electron chi connectivity index (χ2n) is 4.80. The van der Waals surface area contributed by atoms with Gasteiger partial charge in [0.05, 0.1) is 0 Å². The number of aryl methyl sites for hydroxylation is 1. The molecule has 0 fully saturated rings. The van der Waals surface area contributed by atoms with Crippen LogP contribution in [0.2, 0.25) is 10.0 Å². The molecule has 0 bridgehead atoms. The summed E-state index contributed by atoms with van der Waals surface area (Å²) in [6.45, 7) is 4.30. The number of hydrogen-bond acceptors (Lipinski definition) is 2. The molecule has 0 saturated carbocycles. The Hall–Kier alpha value is -1.22. The van der Waals surface area contributed by atoms with Crippen LogP contribution in [0.25, 0.3) is 0 Å². The molecule has 2 aromatic rings. The summed E-state index contributed by atoms with van der Waals surface area (Å²) in [5.41, 5.74) is 8.79. The largest absolute Gasteiger partial charge is 0.489 e. The van der Waals surface area contributed by atoms with E-state index in [0.29, 0.717) is 16.7 Å². The zero-order valence-electron chi connectivity index (χ0n) is 11.5. The van der Waals surface area contributed by atoms with Gasteiger partial charge in [-0.05, 0) is 43.2 Å². The fourth-order valence-electron chi connectivity index (χ4n) is 1.94. The topological polar surface area (TPSA) is 35.2 Å². The van der Waals surface area contributed by atoms with Gasteiger partial charge in [0, 0.05) is 21.7 Å². The third-order valence-corrected chi connectivity index (χ3v) is 3.87. The van der Waals surface area contributed by atoms with Gasteiger partial charge in [-0.2, -0.15) is 0 Å². The van der Waals surface area contributed by atoms with E-state index in [2.05, 4.69) is 0 Å². The molecular weight excluding hydrogens is 293 g/mol. The van der Waals surface area contributed by atoms with Crippen LogP contribution in [0, 0.1) is 6.92 Å². The number of nitrogens with two attached hydrogens (primary N) is 1. The molecule has 4 heteroatoms. The minimum atomic E-state index is 0.0146. The van der Waals surface area contributed by atoms with Gasteiger partial charge in [-0.1, -0.05) is 41.4 Å². The quantitative estimate of drug-likeness (QED) is 0.871. The number of ether oxygens (including phenoxy) is 1. The molecule has 0 aliphatic heterocycles. The van der Waals surface area contributed by atoms with E-state index in [1.807, 2.05) is 38.1 Å². The lowest BCUT2D eigenvalue weighted by molar-refractivity contribution is 0.304. The molecule has 2 N–H and O–H groups in total. The van der Waals surface area contributed by atoms with Gasteiger partial charge in [0.15, 0.2) is 0 Å². The molecule has 0 radical (unpaired) electrons. The average molecular weight is 310 g/mol. The summed E-state index contributed by atoms with van der Waals surface area (Å²) in [6.07, 6.45) is 0. The molecule has 106 valence electrons. The highest BCUT2D eigenvalue weighted by molar-refractivity contribution is 6.35. The molecule has 0 saturated heterocycles. The van der Waals surface area contributed by atoms with E-state index >= 15 is 0 Å². The Morgan fingerprint density at radius 1 is 1.15 bits per heavy atom. The summed E-state index contributed by atoms with van der Waals surface area (Å²) in [4.78, 5) is 0. The van der Waals surface area contributed by atoms with Crippen LogP contribution in [0.1, 0.15) is 29.7 Å². The second kappa shape index (κ2) is 6.49. The van der Waals surface area contributed by atoms with Crippen molar-refractivity contribution in [2.75, 3.05) is 0 Å². The Morgan fingerprint density at radius 3 is 2.35 bits per heavy atom. The van der Waals surface area contributed by atoms with Crippen molar-refractivity contribution in [1.82, 2.24) is 0 Å². The number of halogens is 2. The molecule has 1 atom stereocenters. The maximum Gasteiger partial charge on any atom is 0.122 e. The van der Waals surface area contributed by atoms with Crippen molar-refractivity contribution in [2.45, 2.75) is 26.5 Å². The predicted molar refractivity (Wildman–Crippen MR) is 84.6 cm³/mol. The zero-order chi connectivity index (χ0) is 14.7. The molecule has 0 heterocycles. The lowest BCUT2D eigenvalue weighted by Crippen LogP contribution is -2.05. The second-order valence-corrected chi connectivity index (χ2v) is 5.62. The van der Waals surface area contributed by atoms with Crippen LogP contribution < -0.4 is 10.5 Å². The Balaban J connectivity index is 2.15. The standard InChI is InChI=1S/C16H17Cl2NO/c1-10-8-12(11(2)19)6-7-16(10)20-9-13-14(17)4-3-5-15(13)18/h3-8,11H,9,19H2,1-2H3. The van der Waals surface area contributed by atoms with Crippen LogP contribution in [-0.2, 0) is 6.61 Å². The first kappa shape index (κ1) is 15.2. The first-order valence-electron chi connectivity index (χ1n) is 6.41. The van der Waals surface area contributed by atoms with Crippen molar-refractivity contribution < 1.29 is 4.74 Å². The fourth-order valence-corrected chi connectivity index (χ4v) is 2.44. The zero-order valence-corrected chi connectivity index (χ0v) is 13.0. The van der Waals surface area contributed by atoms with Gasteiger partial charge in [-0.15, -0.1) is 0 Å². The van der Waals surface area contributed by atoms with Gasteiger partial charge in [0.2, 0.25) is 0 Å². The Labute approximate surface area is 129 Å². The van der Waals surface area contributed by atoms with Crippen LogP contribution in [0.3, 0.4) is 0 Å².